The lowest BCUT2D eigenvalue weighted by atomic mass is 10.1. The number of fused-ring (bicyclic) bond motifs is 1. The zero-order chi connectivity index (χ0) is 18.1. The summed E-state index contributed by atoms with van der Waals surface area (Å²) in [4.78, 5) is 15.6. The maximum absolute atomic E-state index is 11.4. The van der Waals surface area contributed by atoms with Crippen LogP contribution in [0.2, 0.25) is 0 Å². The summed E-state index contributed by atoms with van der Waals surface area (Å²) in [7, 11) is 0. The third kappa shape index (κ3) is 3.54. The Morgan fingerprint density at radius 3 is 2.69 bits per heavy atom. The van der Waals surface area contributed by atoms with Gasteiger partial charge in [-0.05, 0) is 29.3 Å². The van der Waals surface area contributed by atoms with Crippen LogP contribution in [0.4, 0.5) is 11.4 Å². The van der Waals surface area contributed by atoms with Gasteiger partial charge in [0.15, 0.2) is 0 Å². The summed E-state index contributed by atoms with van der Waals surface area (Å²) in [6, 6.07) is 11.7. The molecule has 1 fully saturated rings. The summed E-state index contributed by atoms with van der Waals surface area (Å²) < 4.78 is 6.30. The van der Waals surface area contributed by atoms with E-state index in [1.807, 2.05) is 12.1 Å². The van der Waals surface area contributed by atoms with Crippen molar-refractivity contribution in [2.45, 2.75) is 13.0 Å². The van der Waals surface area contributed by atoms with Crippen molar-refractivity contribution in [2.24, 2.45) is 0 Å². The zero-order valence-electron chi connectivity index (χ0n) is 14.4. The molecule has 26 heavy (non-hydrogen) atoms. The molecule has 0 atom stereocenters. The van der Waals surface area contributed by atoms with Gasteiger partial charge in [-0.15, -0.1) is 0 Å². The molecule has 2 aliphatic heterocycles. The lowest BCUT2D eigenvalue weighted by molar-refractivity contribution is -0.384. The maximum Gasteiger partial charge on any atom is 0.293 e. The third-order valence-electron chi connectivity index (χ3n) is 5.01. The molecule has 2 heterocycles. The van der Waals surface area contributed by atoms with E-state index >= 15 is 0 Å². The molecule has 0 amide bonds. The van der Waals surface area contributed by atoms with Crippen molar-refractivity contribution in [3.8, 4) is 5.75 Å². The molecule has 6 nitrogen and oxygen atoms in total. The number of rotatable bonds is 4. The highest BCUT2D eigenvalue weighted by Crippen LogP contribution is 2.32. The molecule has 0 unspecified atom stereocenters. The van der Waals surface area contributed by atoms with Crippen LogP contribution in [0.15, 0.2) is 40.9 Å². The van der Waals surface area contributed by atoms with Gasteiger partial charge in [0.05, 0.1) is 11.5 Å². The second-order valence-corrected chi connectivity index (χ2v) is 7.61. The van der Waals surface area contributed by atoms with Crippen molar-refractivity contribution in [3.05, 3.63) is 62.1 Å². The highest BCUT2D eigenvalue weighted by molar-refractivity contribution is 9.10. The molecule has 0 aromatic heterocycles. The van der Waals surface area contributed by atoms with E-state index in [0.717, 1.165) is 56.0 Å². The third-order valence-corrected chi connectivity index (χ3v) is 5.50. The van der Waals surface area contributed by atoms with Gasteiger partial charge >= 0.3 is 0 Å². The molecule has 0 saturated carbocycles. The number of hydrogen-bond acceptors (Lipinski definition) is 5. The van der Waals surface area contributed by atoms with Crippen LogP contribution in [-0.4, -0.2) is 42.6 Å². The molecule has 2 aliphatic rings. The van der Waals surface area contributed by atoms with Gasteiger partial charge in [0, 0.05) is 49.7 Å². The Hall–Kier alpha value is -2.12. The van der Waals surface area contributed by atoms with Crippen molar-refractivity contribution in [2.75, 3.05) is 37.7 Å². The van der Waals surface area contributed by atoms with Gasteiger partial charge in [0.25, 0.3) is 5.69 Å². The van der Waals surface area contributed by atoms with Crippen LogP contribution in [0.5, 0.6) is 5.75 Å². The fourth-order valence-electron chi connectivity index (χ4n) is 3.65. The highest BCUT2D eigenvalue weighted by atomic mass is 79.9. The smallest absolute Gasteiger partial charge is 0.293 e. The summed E-state index contributed by atoms with van der Waals surface area (Å²) in [5.41, 5.74) is 3.46. The largest absolute Gasteiger partial charge is 0.493 e. The van der Waals surface area contributed by atoms with Gasteiger partial charge in [-0.1, -0.05) is 28.1 Å². The van der Waals surface area contributed by atoms with Crippen molar-refractivity contribution >= 4 is 27.3 Å². The average Bonchev–Trinajstić information content (AvgIpc) is 3.10. The van der Waals surface area contributed by atoms with E-state index in [4.69, 9.17) is 4.74 Å². The Kier molecular flexibility index (Phi) is 4.82. The predicted molar refractivity (Wildman–Crippen MR) is 104 cm³/mol. The van der Waals surface area contributed by atoms with Crippen LogP contribution < -0.4 is 9.64 Å². The number of hydrogen-bond donors (Lipinski definition) is 0. The minimum absolute atomic E-state index is 0.159. The molecule has 2 aromatic rings. The predicted octanol–water partition coefficient (Wildman–Crippen LogP) is 3.61. The second kappa shape index (κ2) is 7.25. The first-order chi connectivity index (χ1) is 12.6. The van der Waals surface area contributed by atoms with Gasteiger partial charge in [-0.3, -0.25) is 15.0 Å². The zero-order valence-corrected chi connectivity index (χ0v) is 15.9. The van der Waals surface area contributed by atoms with Crippen LogP contribution in [0, 0.1) is 10.1 Å². The van der Waals surface area contributed by atoms with Crippen molar-refractivity contribution in [3.63, 3.8) is 0 Å². The van der Waals surface area contributed by atoms with Crippen LogP contribution in [-0.2, 0) is 13.0 Å². The van der Waals surface area contributed by atoms with E-state index in [1.54, 1.807) is 6.07 Å². The van der Waals surface area contributed by atoms with Crippen LogP contribution in [0.25, 0.3) is 0 Å². The summed E-state index contributed by atoms with van der Waals surface area (Å²) in [5, 5.41) is 11.4. The molecule has 0 aliphatic carbocycles. The SMILES string of the molecule is O=[N+]([O-])c1cc(Br)ccc1N1CCN(Cc2ccc3c(c2)CCO3)CC1. The van der Waals surface area contributed by atoms with Crippen LogP contribution >= 0.6 is 15.9 Å². The van der Waals surface area contributed by atoms with Gasteiger partial charge in [0.1, 0.15) is 11.4 Å². The number of nitro groups is 1. The maximum atomic E-state index is 11.4. The lowest BCUT2D eigenvalue weighted by Gasteiger charge is -2.35. The molecular weight excluding hydrogens is 398 g/mol. The molecule has 2 aromatic carbocycles. The molecule has 0 radical (unpaired) electrons. The number of halogens is 1. The Balaban J connectivity index is 1.41. The fraction of sp³-hybridized carbons (Fsp3) is 0.368. The van der Waals surface area contributed by atoms with Gasteiger partial charge in [-0.2, -0.15) is 0 Å². The van der Waals surface area contributed by atoms with Gasteiger partial charge in [0.2, 0.25) is 0 Å². The fourth-order valence-corrected chi connectivity index (χ4v) is 4.00. The number of nitro benzene ring substituents is 1. The van der Waals surface area contributed by atoms with Gasteiger partial charge in [-0.25, -0.2) is 0 Å². The molecular formula is C19H20BrN3O3. The first-order valence-corrected chi connectivity index (χ1v) is 9.55. The van der Waals surface area contributed by atoms with Gasteiger partial charge < -0.3 is 9.64 Å². The lowest BCUT2D eigenvalue weighted by Crippen LogP contribution is -2.46. The second-order valence-electron chi connectivity index (χ2n) is 6.69. The number of nitrogens with zero attached hydrogens (tertiary/aromatic N) is 3. The Morgan fingerprint density at radius 2 is 1.92 bits per heavy atom. The standard InChI is InChI=1S/C19H20BrN3O3/c20-16-2-3-17(18(12-16)23(24)25)22-8-6-21(7-9-22)13-14-1-4-19-15(11-14)5-10-26-19/h1-4,11-12H,5-10,13H2. The first kappa shape index (κ1) is 17.3. The summed E-state index contributed by atoms with van der Waals surface area (Å²) >= 11 is 3.32. The molecule has 4 rings (SSSR count). The highest BCUT2D eigenvalue weighted by Gasteiger charge is 2.24. The number of ether oxygens (including phenoxy) is 1. The molecule has 7 heteroatoms. The van der Waals surface area contributed by atoms with Crippen LogP contribution in [0.3, 0.4) is 0 Å². The molecule has 0 N–H and O–H groups in total. The van der Waals surface area contributed by atoms with E-state index in [1.165, 1.54) is 11.1 Å². The first-order valence-electron chi connectivity index (χ1n) is 8.76. The molecule has 0 spiro atoms. The van der Waals surface area contributed by atoms with E-state index in [0.29, 0.717) is 5.69 Å². The Morgan fingerprint density at radius 1 is 1.12 bits per heavy atom. The monoisotopic (exact) mass is 417 g/mol. The van der Waals surface area contributed by atoms with E-state index < -0.39 is 0 Å². The minimum Gasteiger partial charge on any atom is -0.493 e. The number of piperazine rings is 1. The van der Waals surface area contributed by atoms with E-state index in [2.05, 4.69) is 43.9 Å². The van der Waals surface area contributed by atoms with E-state index in [-0.39, 0.29) is 10.6 Å². The number of anilines is 1. The normalized spacial score (nSPS) is 17.0. The summed E-state index contributed by atoms with van der Waals surface area (Å²) in [6.07, 6.45) is 0.990. The number of benzene rings is 2. The average molecular weight is 418 g/mol. The summed E-state index contributed by atoms with van der Waals surface area (Å²) in [5.74, 6) is 1.01. The minimum atomic E-state index is -0.306. The van der Waals surface area contributed by atoms with Crippen molar-refractivity contribution in [1.29, 1.82) is 0 Å². The Bertz CT molecular complexity index is 835. The molecule has 136 valence electrons. The topological polar surface area (TPSA) is 58.9 Å². The van der Waals surface area contributed by atoms with Crippen molar-refractivity contribution in [1.82, 2.24) is 4.90 Å². The van der Waals surface area contributed by atoms with E-state index in [9.17, 15) is 10.1 Å². The molecule has 1 saturated heterocycles. The molecule has 0 bridgehead atoms. The Labute approximate surface area is 160 Å². The summed E-state index contributed by atoms with van der Waals surface area (Å²) in [6.45, 7) is 5.04. The van der Waals surface area contributed by atoms with Crippen molar-refractivity contribution < 1.29 is 9.66 Å². The quantitative estimate of drug-likeness (QED) is 0.561. The van der Waals surface area contributed by atoms with Crippen LogP contribution in [0.1, 0.15) is 11.1 Å².